The first-order valence-electron chi connectivity index (χ1n) is 10.0. The van der Waals surface area contributed by atoms with E-state index in [2.05, 4.69) is 21.2 Å². The van der Waals surface area contributed by atoms with Gasteiger partial charge in [0, 0.05) is 34.5 Å². The Morgan fingerprint density at radius 3 is 2.58 bits per heavy atom. The number of imidazole rings is 1. The number of rotatable bonds is 6. The van der Waals surface area contributed by atoms with E-state index in [1.54, 1.807) is 12.4 Å². The van der Waals surface area contributed by atoms with E-state index in [9.17, 15) is 13.6 Å². The lowest BCUT2D eigenvalue weighted by Crippen LogP contribution is -2.26. The Labute approximate surface area is 181 Å². The van der Waals surface area contributed by atoms with Crippen molar-refractivity contribution in [1.29, 1.82) is 0 Å². The summed E-state index contributed by atoms with van der Waals surface area (Å²) in [4.78, 5) is 12.4. The van der Waals surface area contributed by atoms with Gasteiger partial charge in [-0.2, -0.15) is 0 Å². The summed E-state index contributed by atoms with van der Waals surface area (Å²) in [6.07, 6.45) is 5.30. The highest BCUT2D eigenvalue weighted by molar-refractivity contribution is 7.89. The van der Waals surface area contributed by atoms with Gasteiger partial charge < -0.3 is 10.2 Å². The number of H-pyrrole nitrogens is 1. The molecule has 0 spiro atoms. The molecule has 2 heterocycles. The number of benzene rings is 1. The van der Waals surface area contributed by atoms with E-state index in [4.69, 9.17) is 10.1 Å². The molecule has 0 saturated heterocycles. The summed E-state index contributed by atoms with van der Waals surface area (Å²) in [5.41, 5.74) is 5.74. The lowest BCUT2D eigenvalue weighted by molar-refractivity contribution is 0.318. The molecule has 9 heteroatoms. The van der Waals surface area contributed by atoms with E-state index in [-0.39, 0.29) is 5.75 Å². The van der Waals surface area contributed by atoms with Gasteiger partial charge in [-0.15, -0.1) is 0 Å². The molecule has 2 aromatic heterocycles. The molecule has 1 aromatic carbocycles. The van der Waals surface area contributed by atoms with Crippen molar-refractivity contribution in [3.05, 3.63) is 59.7 Å². The topological polar surface area (TPSA) is 134 Å². The SMILES string of the molecule is CC(C)(CCS(N)(=O)=O)c1nc(-c2ccc3c(c2)CCC3=NO)c(-c2ccncc2)[nH]1. The van der Waals surface area contributed by atoms with Gasteiger partial charge in [0.15, 0.2) is 0 Å². The maximum Gasteiger partial charge on any atom is 0.209 e. The molecule has 0 fully saturated rings. The van der Waals surface area contributed by atoms with Gasteiger partial charge in [0.05, 0.1) is 22.9 Å². The van der Waals surface area contributed by atoms with Crippen LogP contribution in [0.25, 0.3) is 22.5 Å². The fraction of sp³-hybridized carbons (Fsp3) is 0.318. The molecule has 0 unspecified atom stereocenters. The van der Waals surface area contributed by atoms with Crippen LogP contribution in [0.2, 0.25) is 0 Å². The molecule has 1 aliphatic carbocycles. The third kappa shape index (κ3) is 4.38. The Hall–Kier alpha value is -3.04. The summed E-state index contributed by atoms with van der Waals surface area (Å²) in [5.74, 6) is 0.569. The van der Waals surface area contributed by atoms with Crippen molar-refractivity contribution in [2.24, 2.45) is 10.3 Å². The molecular weight excluding hydrogens is 414 g/mol. The van der Waals surface area contributed by atoms with E-state index in [0.717, 1.165) is 40.1 Å². The quantitative estimate of drug-likeness (QED) is 0.400. The molecule has 0 aliphatic heterocycles. The Bertz CT molecular complexity index is 1250. The maximum absolute atomic E-state index is 11.5. The van der Waals surface area contributed by atoms with Crippen molar-refractivity contribution in [3.63, 3.8) is 0 Å². The van der Waals surface area contributed by atoms with E-state index >= 15 is 0 Å². The third-order valence-electron chi connectivity index (χ3n) is 5.77. The maximum atomic E-state index is 11.5. The number of hydrogen-bond acceptors (Lipinski definition) is 6. The molecule has 0 amide bonds. The zero-order chi connectivity index (χ0) is 22.2. The van der Waals surface area contributed by atoms with E-state index < -0.39 is 15.4 Å². The summed E-state index contributed by atoms with van der Waals surface area (Å²) in [6.45, 7) is 3.90. The van der Waals surface area contributed by atoms with Crippen LogP contribution in [0.5, 0.6) is 0 Å². The minimum Gasteiger partial charge on any atom is -0.411 e. The summed E-state index contributed by atoms with van der Waals surface area (Å²) >= 11 is 0. The smallest absolute Gasteiger partial charge is 0.209 e. The highest BCUT2D eigenvalue weighted by Crippen LogP contribution is 2.36. The largest absolute Gasteiger partial charge is 0.411 e. The second-order valence-electron chi connectivity index (χ2n) is 8.46. The predicted octanol–water partition coefficient (Wildman–Crippen LogP) is 3.22. The van der Waals surface area contributed by atoms with Crippen LogP contribution in [0.15, 0.2) is 47.9 Å². The van der Waals surface area contributed by atoms with Gasteiger partial charge in [0.2, 0.25) is 10.0 Å². The van der Waals surface area contributed by atoms with Crippen molar-refractivity contribution in [3.8, 4) is 22.5 Å². The minimum absolute atomic E-state index is 0.122. The molecule has 0 atom stereocenters. The average molecular weight is 440 g/mol. The summed E-state index contributed by atoms with van der Waals surface area (Å²) in [5, 5.41) is 17.8. The average Bonchev–Trinajstić information content (AvgIpc) is 3.37. The van der Waals surface area contributed by atoms with Crippen molar-refractivity contribution in [2.45, 2.75) is 38.5 Å². The first-order chi connectivity index (χ1) is 14.7. The monoisotopic (exact) mass is 439 g/mol. The fourth-order valence-electron chi connectivity index (χ4n) is 3.87. The lowest BCUT2D eigenvalue weighted by Gasteiger charge is -2.21. The van der Waals surface area contributed by atoms with Gasteiger partial charge in [0.1, 0.15) is 5.82 Å². The minimum atomic E-state index is -3.57. The molecular formula is C22H25N5O3S. The van der Waals surface area contributed by atoms with Gasteiger partial charge in [-0.3, -0.25) is 4.98 Å². The Morgan fingerprint density at radius 2 is 1.90 bits per heavy atom. The van der Waals surface area contributed by atoms with Crippen LogP contribution in [0.4, 0.5) is 0 Å². The number of nitrogens with two attached hydrogens (primary N) is 1. The first-order valence-corrected chi connectivity index (χ1v) is 11.8. The predicted molar refractivity (Wildman–Crippen MR) is 120 cm³/mol. The van der Waals surface area contributed by atoms with E-state index in [1.807, 2.05) is 38.1 Å². The van der Waals surface area contributed by atoms with Crippen LogP contribution in [0, 0.1) is 0 Å². The molecule has 31 heavy (non-hydrogen) atoms. The van der Waals surface area contributed by atoms with Crippen molar-refractivity contribution in [1.82, 2.24) is 15.0 Å². The molecule has 1 aliphatic rings. The Morgan fingerprint density at radius 1 is 1.16 bits per heavy atom. The number of sulfonamides is 1. The van der Waals surface area contributed by atoms with Crippen LogP contribution >= 0.6 is 0 Å². The van der Waals surface area contributed by atoms with Crippen LogP contribution in [-0.4, -0.2) is 40.0 Å². The number of oxime groups is 1. The first kappa shape index (κ1) is 21.2. The number of primary sulfonamides is 1. The standard InChI is InChI=1S/C22H25N5O3S/c1-22(2,9-12-31(23,29)30)21-25-19(14-7-10-24-11-8-14)20(26-21)16-3-5-17-15(13-16)4-6-18(17)27-28/h3,5,7-8,10-11,13,28H,4,6,9,12H2,1-2H3,(H,25,26)(H2,23,29,30). The van der Waals surface area contributed by atoms with Gasteiger partial charge in [-0.1, -0.05) is 31.1 Å². The van der Waals surface area contributed by atoms with Crippen LogP contribution in [-0.2, 0) is 21.9 Å². The molecule has 4 rings (SSSR count). The molecule has 3 aromatic rings. The second kappa shape index (κ2) is 7.90. The van der Waals surface area contributed by atoms with Gasteiger partial charge in [-0.05, 0) is 43.0 Å². The molecule has 162 valence electrons. The molecule has 0 radical (unpaired) electrons. The fourth-order valence-corrected chi connectivity index (χ4v) is 4.66. The van der Waals surface area contributed by atoms with Gasteiger partial charge in [0.25, 0.3) is 0 Å². The van der Waals surface area contributed by atoms with E-state index in [0.29, 0.717) is 24.4 Å². The molecule has 0 bridgehead atoms. The van der Waals surface area contributed by atoms with E-state index in [1.165, 1.54) is 0 Å². The summed E-state index contributed by atoms with van der Waals surface area (Å²) in [7, 11) is -3.57. The zero-order valence-corrected chi connectivity index (χ0v) is 18.3. The highest BCUT2D eigenvalue weighted by atomic mass is 32.2. The normalized spacial score (nSPS) is 15.4. The van der Waals surface area contributed by atoms with Crippen molar-refractivity contribution >= 4 is 15.7 Å². The van der Waals surface area contributed by atoms with Crippen molar-refractivity contribution < 1.29 is 13.6 Å². The number of aryl methyl sites for hydroxylation is 1. The Kier molecular flexibility index (Phi) is 5.40. The van der Waals surface area contributed by atoms with Crippen molar-refractivity contribution in [2.75, 3.05) is 5.75 Å². The number of hydrogen-bond donors (Lipinski definition) is 3. The number of nitrogens with one attached hydrogen (secondary N) is 1. The Balaban J connectivity index is 1.80. The molecule has 0 saturated carbocycles. The summed E-state index contributed by atoms with van der Waals surface area (Å²) < 4.78 is 23.0. The zero-order valence-electron chi connectivity index (χ0n) is 17.5. The number of pyridine rings is 1. The number of fused-ring (bicyclic) bond motifs is 1. The molecule has 4 N–H and O–H groups in total. The van der Waals surface area contributed by atoms with Crippen LogP contribution < -0.4 is 5.14 Å². The second-order valence-corrected chi connectivity index (χ2v) is 10.2. The highest BCUT2D eigenvalue weighted by Gasteiger charge is 2.29. The summed E-state index contributed by atoms with van der Waals surface area (Å²) in [6, 6.07) is 9.82. The molecule has 8 nitrogen and oxygen atoms in total. The number of nitrogens with zero attached hydrogens (tertiary/aromatic N) is 3. The lowest BCUT2D eigenvalue weighted by atomic mass is 9.89. The van der Waals surface area contributed by atoms with Crippen LogP contribution in [0.3, 0.4) is 0 Å². The number of aromatic nitrogens is 3. The van der Waals surface area contributed by atoms with Gasteiger partial charge >= 0.3 is 0 Å². The third-order valence-corrected chi connectivity index (χ3v) is 6.54. The van der Waals surface area contributed by atoms with Crippen LogP contribution in [0.1, 0.15) is 43.6 Å². The number of aromatic amines is 1. The van der Waals surface area contributed by atoms with Gasteiger partial charge in [-0.25, -0.2) is 18.5 Å².